The minimum Gasteiger partial charge on any atom is -0.497 e. The third kappa shape index (κ3) is 3.89. The predicted molar refractivity (Wildman–Crippen MR) is 73.0 cm³/mol. The number of carbonyl (C=O) groups is 1. The molecule has 0 aliphatic rings. The molecular weight excluding hydrogens is 305 g/mol. The summed E-state index contributed by atoms with van der Waals surface area (Å²) in [6.07, 6.45) is 0. The second-order valence-corrected chi connectivity index (χ2v) is 5.44. The fraction of sp³-hybridized carbons (Fsp3) is 0.417. The molecule has 0 saturated heterocycles. The molecule has 0 aliphatic carbocycles. The van der Waals surface area contributed by atoms with Gasteiger partial charge in [-0.05, 0) is 48.0 Å². The largest absolute Gasteiger partial charge is 0.497 e. The zero-order chi connectivity index (χ0) is 13.1. The molecule has 3 nitrogen and oxygen atoms in total. The van der Waals surface area contributed by atoms with Gasteiger partial charge >= 0.3 is 0 Å². The van der Waals surface area contributed by atoms with E-state index in [1.54, 1.807) is 25.3 Å². The van der Waals surface area contributed by atoms with E-state index in [4.69, 9.17) is 16.3 Å². The first kappa shape index (κ1) is 14.3. The monoisotopic (exact) mass is 319 g/mol. The Hall–Kier alpha value is -0.740. The van der Waals surface area contributed by atoms with Crippen LogP contribution in [0.3, 0.4) is 0 Å². The minimum atomic E-state index is -0.443. The molecule has 5 heteroatoms. The molecule has 0 unspecified atom stereocenters. The molecule has 1 aromatic rings. The Bertz CT molecular complexity index is 421. The predicted octanol–water partition coefficient (Wildman–Crippen LogP) is 3.20. The normalized spacial score (nSPS) is 11.1. The van der Waals surface area contributed by atoms with Gasteiger partial charge in [-0.2, -0.15) is 0 Å². The van der Waals surface area contributed by atoms with Gasteiger partial charge in [0.05, 0.1) is 12.7 Å². The van der Waals surface area contributed by atoms with Gasteiger partial charge in [0, 0.05) is 15.9 Å². The number of benzene rings is 1. The van der Waals surface area contributed by atoms with E-state index < -0.39 is 5.54 Å². The summed E-state index contributed by atoms with van der Waals surface area (Å²) in [6.45, 7) is 3.73. The van der Waals surface area contributed by atoms with Gasteiger partial charge in [-0.3, -0.25) is 4.79 Å². The summed E-state index contributed by atoms with van der Waals surface area (Å²) in [5, 5.41) is 2.86. The van der Waals surface area contributed by atoms with Gasteiger partial charge in [-0.15, -0.1) is 11.6 Å². The van der Waals surface area contributed by atoms with Crippen LogP contribution in [0, 0.1) is 0 Å². The van der Waals surface area contributed by atoms with E-state index in [1.807, 2.05) is 13.8 Å². The molecule has 0 bridgehead atoms. The van der Waals surface area contributed by atoms with Crippen molar-refractivity contribution in [1.82, 2.24) is 5.32 Å². The molecule has 1 amide bonds. The third-order valence-electron chi connectivity index (χ3n) is 2.20. The van der Waals surface area contributed by atoms with Crippen molar-refractivity contribution in [3.63, 3.8) is 0 Å². The lowest BCUT2D eigenvalue weighted by atomic mass is 10.1. The van der Waals surface area contributed by atoms with Gasteiger partial charge in [0.15, 0.2) is 0 Å². The number of carbonyl (C=O) groups excluding carboxylic acids is 1. The maximum Gasteiger partial charge on any atom is 0.253 e. The van der Waals surface area contributed by atoms with E-state index >= 15 is 0 Å². The number of alkyl halides is 1. The van der Waals surface area contributed by atoms with Gasteiger partial charge in [0.2, 0.25) is 0 Å². The number of hydrogen-bond donors (Lipinski definition) is 1. The SMILES string of the molecule is COc1ccc(Br)c(C(=O)NC(C)(C)CCl)c1. The molecule has 0 saturated carbocycles. The zero-order valence-electron chi connectivity index (χ0n) is 10.0. The number of amides is 1. The Morgan fingerprint density at radius 1 is 1.53 bits per heavy atom. The van der Waals surface area contributed by atoms with Crippen LogP contribution < -0.4 is 10.1 Å². The maximum atomic E-state index is 12.1. The van der Waals surface area contributed by atoms with E-state index in [2.05, 4.69) is 21.2 Å². The Kier molecular flexibility index (Phi) is 4.83. The summed E-state index contributed by atoms with van der Waals surface area (Å²) in [7, 11) is 1.56. The summed E-state index contributed by atoms with van der Waals surface area (Å²) in [6, 6.07) is 5.25. The third-order valence-corrected chi connectivity index (χ3v) is 3.56. The van der Waals surface area contributed by atoms with Crippen molar-refractivity contribution in [1.29, 1.82) is 0 Å². The molecule has 0 atom stereocenters. The Balaban J connectivity index is 2.96. The lowest BCUT2D eigenvalue weighted by Gasteiger charge is -2.23. The highest BCUT2D eigenvalue weighted by Crippen LogP contribution is 2.23. The number of methoxy groups -OCH3 is 1. The molecular formula is C12H15BrClNO2. The van der Waals surface area contributed by atoms with E-state index in [-0.39, 0.29) is 5.91 Å². The van der Waals surface area contributed by atoms with Crippen LogP contribution >= 0.6 is 27.5 Å². The first-order valence-corrected chi connectivity index (χ1v) is 6.44. The lowest BCUT2D eigenvalue weighted by Crippen LogP contribution is -2.45. The summed E-state index contributed by atoms with van der Waals surface area (Å²) < 4.78 is 5.81. The van der Waals surface area contributed by atoms with Crippen molar-refractivity contribution < 1.29 is 9.53 Å². The molecule has 0 fully saturated rings. The molecule has 1 N–H and O–H groups in total. The van der Waals surface area contributed by atoms with Crippen molar-refractivity contribution in [3.8, 4) is 5.75 Å². The van der Waals surface area contributed by atoms with Crippen LogP contribution in [0.1, 0.15) is 24.2 Å². The smallest absolute Gasteiger partial charge is 0.253 e. The zero-order valence-corrected chi connectivity index (χ0v) is 12.4. The molecule has 0 spiro atoms. The molecule has 94 valence electrons. The van der Waals surface area contributed by atoms with Gasteiger partial charge in [0.1, 0.15) is 5.75 Å². The van der Waals surface area contributed by atoms with Crippen LogP contribution in [-0.2, 0) is 0 Å². The number of ether oxygens (including phenoxy) is 1. The van der Waals surface area contributed by atoms with Crippen LogP contribution in [0.2, 0.25) is 0 Å². The first-order valence-electron chi connectivity index (χ1n) is 5.11. The van der Waals surface area contributed by atoms with Crippen molar-refractivity contribution in [2.75, 3.05) is 13.0 Å². The van der Waals surface area contributed by atoms with Crippen LogP contribution in [0.25, 0.3) is 0 Å². The van der Waals surface area contributed by atoms with Crippen LogP contribution in [0.5, 0.6) is 5.75 Å². The summed E-state index contributed by atoms with van der Waals surface area (Å²) in [5.74, 6) is 0.809. The second kappa shape index (κ2) is 5.74. The van der Waals surface area contributed by atoms with Crippen molar-refractivity contribution >= 4 is 33.4 Å². The van der Waals surface area contributed by atoms with Crippen molar-refractivity contribution in [2.24, 2.45) is 0 Å². The maximum absolute atomic E-state index is 12.1. The average Bonchev–Trinajstić information content (AvgIpc) is 2.29. The first-order chi connectivity index (χ1) is 7.89. The fourth-order valence-corrected chi connectivity index (χ4v) is 1.71. The van der Waals surface area contributed by atoms with Gasteiger partial charge in [0.25, 0.3) is 5.91 Å². The fourth-order valence-electron chi connectivity index (χ4n) is 1.21. The summed E-state index contributed by atoms with van der Waals surface area (Å²) in [4.78, 5) is 12.1. The van der Waals surface area contributed by atoms with Crippen LogP contribution in [0.4, 0.5) is 0 Å². The molecule has 0 aliphatic heterocycles. The van der Waals surface area contributed by atoms with Crippen LogP contribution in [-0.4, -0.2) is 24.4 Å². The lowest BCUT2D eigenvalue weighted by molar-refractivity contribution is 0.0919. The Morgan fingerprint density at radius 2 is 2.18 bits per heavy atom. The number of hydrogen-bond acceptors (Lipinski definition) is 2. The van der Waals surface area contributed by atoms with Gasteiger partial charge in [-0.25, -0.2) is 0 Å². The second-order valence-electron chi connectivity index (χ2n) is 4.32. The minimum absolute atomic E-state index is 0.179. The van der Waals surface area contributed by atoms with Crippen LogP contribution in [0.15, 0.2) is 22.7 Å². The quantitative estimate of drug-likeness (QED) is 0.865. The van der Waals surface area contributed by atoms with Gasteiger partial charge in [-0.1, -0.05) is 0 Å². The Labute approximate surface area is 115 Å². The highest BCUT2D eigenvalue weighted by Gasteiger charge is 2.21. The summed E-state index contributed by atoms with van der Waals surface area (Å²) >= 11 is 9.11. The molecule has 17 heavy (non-hydrogen) atoms. The highest BCUT2D eigenvalue weighted by molar-refractivity contribution is 9.10. The standard InChI is InChI=1S/C12H15BrClNO2/c1-12(2,7-14)15-11(16)9-6-8(17-3)4-5-10(9)13/h4-6H,7H2,1-3H3,(H,15,16). The van der Waals surface area contributed by atoms with Crippen molar-refractivity contribution in [3.05, 3.63) is 28.2 Å². The number of nitrogens with one attached hydrogen (secondary N) is 1. The van der Waals surface area contributed by atoms with E-state index in [0.29, 0.717) is 17.2 Å². The highest BCUT2D eigenvalue weighted by atomic mass is 79.9. The van der Waals surface area contributed by atoms with E-state index in [9.17, 15) is 4.79 Å². The van der Waals surface area contributed by atoms with E-state index in [1.165, 1.54) is 0 Å². The molecule has 1 aromatic carbocycles. The summed E-state index contributed by atoms with van der Waals surface area (Å²) in [5.41, 5.74) is 0.0868. The van der Waals surface area contributed by atoms with E-state index in [0.717, 1.165) is 4.47 Å². The number of halogens is 2. The van der Waals surface area contributed by atoms with Gasteiger partial charge < -0.3 is 10.1 Å². The molecule has 0 aromatic heterocycles. The molecule has 1 rings (SSSR count). The number of rotatable bonds is 4. The molecule has 0 radical (unpaired) electrons. The van der Waals surface area contributed by atoms with Crippen molar-refractivity contribution in [2.45, 2.75) is 19.4 Å². The topological polar surface area (TPSA) is 38.3 Å². The molecule has 0 heterocycles. The average molecular weight is 321 g/mol. The Morgan fingerprint density at radius 3 is 2.71 bits per heavy atom.